The van der Waals surface area contributed by atoms with Crippen molar-refractivity contribution in [3.8, 4) is 11.8 Å². The molecule has 0 radical (unpaired) electrons. The molecule has 0 saturated heterocycles. The summed E-state index contributed by atoms with van der Waals surface area (Å²) in [6, 6.07) is 13.3. The van der Waals surface area contributed by atoms with Gasteiger partial charge in [-0.15, -0.1) is 0 Å². The molecular weight excluding hydrogens is 368 g/mol. The first-order chi connectivity index (χ1) is 12.9. The molecule has 138 valence electrons. The lowest BCUT2D eigenvalue weighted by atomic mass is 10.2. The number of rotatable bonds is 6. The van der Waals surface area contributed by atoms with Crippen LogP contribution in [0.1, 0.15) is 6.92 Å². The van der Waals surface area contributed by atoms with Crippen LogP contribution >= 0.6 is 11.6 Å². The smallest absolute Gasteiger partial charge is 0.267 e. The van der Waals surface area contributed by atoms with E-state index in [1.54, 1.807) is 42.5 Å². The maximum atomic E-state index is 12.3. The molecule has 2 aromatic carbocycles. The molecule has 0 aliphatic heterocycles. The van der Waals surface area contributed by atoms with Gasteiger partial charge in [0.1, 0.15) is 17.4 Å². The number of halogens is 1. The predicted molar refractivity (Wildman–Crippen MR) is 105 cm³/mol. The Morgan fingerprint density at radius 3 is 2.30 bits per heavy atom. The highest BCUT2D eigenvalue weighted by molar-refractivity contribution is 6.31. The van der Waals surface area contributed by atoms with Crippen molar-refractivity contribution < 1.29 is 14.3 Å². The molecule has 0 heterocycles. The van der Waals surface area contributed by atoms with Crippen LogP contribution in [0, 0.1) is 11.3 Å². The van der Waals surface area contributed by atoms with E-state index >= 15 is 0 Å². The van der Waals surface area contributed by atoms with Gasteiger partial charge in [-0.3, -0.25) is 9.59 Å². The first-order valence-corrected chi connectivity index (χ1v) is 8.20. The van der Waals surface area contributed by atoms with Crippen LogP contribution in [0.25, 0.3) is 0 Å². The van der Waals surface area contributed by atoms with E-state index in [1.165, 1.54) is 20.2 Å². The van der Waals surface area contributed by atoms with E-state index in [4.69, 9.17) is 16.3 Å². The number of methoxy groups -OCH3 is 1. The molecule has 8 heteroatoms. The van der Waals surface area contributed by atoms with Crippen molar-refractivity contribution in [2.75, 3.05) is 23.1 Å². The van der Waals surface area contributed by atoms with Gasteiger partial charge in [0.05, 0.1) is 12.8 Å². The monoisotopic (exact) mass is 384 g/mol. The Morgan fingerprint density at radius 2 is 1.74 bits per heavy atom. The van der Waals surface area contributed by atoms with Crippen LogP contribution in [-0.2, 0) is 9.59 Å². The maximum Gasteiger partial charge on any atom is 0.267 e. The minimum atomic E-state index is -0.585. The van der Waals surface area contributed by atoms with Crippen LogP contribution in [0.5, 0.6) is 5.75 Å². The quantitative estimate of drug-likeness (QED) is 0.519. The average Bonchev–Trinajstić information content (AvgIpc) is 2.63. The zero-order chi connectivity index (χ0) is 19.8. The van der Waals surface area contributed by atoms with Crippen molar-refractivity contribution in [3.05, 3.63) is 59.3 Å². The van der Waals surface area contributed by atoms with Crippen molar-refractivity contribution in [2.24, 2.45) is 0 Å². The molecule has 0 fully saturated rings. The highest BCUT2D eigenvalue weighted by Crippen LogP contribution is 2.27. The molecule has 0 bridgehead atoms. The molecule has 2 rings (SSSR count). The van der Waals surface area contributed by atoms with E-state index in [0.29, 0.717) is 27.8 Å². The number of anilines is 3. The van der Waals surface area contributed by atoms with Crippen LogP contribution in [0.4, 0.5) is 17.1 Å². The summed E-state index contributed by atoms with van der Waals surface area (Å²) in [5, 5.41) is 17.8. The molecule has 0 unspecified atom stereocenters. The highest BCUT2D eigenvalue weighted by Gasteiger charge is 2.10. The van der Waals surface area contributed by atoms with Crippen molar-refractivity contribution in [1.29, 1.82) is 5.26 Å². The molecule has 0 aliphatic rings. The highest BCUT2D eigenvalue weighted by atomic mass is 35.5. The predicted octanol–water partition coefficient (Wildman–Crippen LogP) is 3.77. The van der Waals surface area contributed by atoms with Crippen molar-refractivity contribution in [1.82, 2.24) is 0 Å². The number of amides is 2. The summed E-state index contributed by atoms with van der Waals surface area (Å²) >= 11 is 5.95. The molecule has 7 nitrogen and oxygen atoms in total. The van der Waals surface area contributed by atoms with Crippen LogP contribution in [0.15, 0.2) is 54.2 Å². The lowest BCUT2D eigenvalue weighted by Gasteiger charge is -2.09. The SMILES string of the molecule is COc1ccc(Cl)cc1N/C=C(/C#N)C(=O)Nc1ccc(NC(C)=O)cc1. The largest absolute Gasteiger partial charge is 0.495 e. The van der Waals surface area contributed by atoms with Gasteiger partial charge in [-0.1, -0.05) is 11.6 Å². The zero-order valence-electron chi connectivity index (χ0n) is 14.7. The first-order valence-electron chi connectivity index (χ1n) is 7.82. The lowest BCUT2D eigenvalue weighted by molar-refractivity contribution is -0.114. The van der Waals surface area contributed by atoms with E-state index in [0.717, 1.165) is 0 Å². The second kappa shape index (κ2) is 9.27. The Hall–Kier alpha value is -3.50. The standard InChI is InChI=1S/C19H17ClN4O3/c1-12(25)23-15-4-6-16(7-5-15)24-19(26)13(10-21)11-22-17-9-14(20)3-8-18(17)27-2/h3-9,11,22H,1-2H3,(H,23,25)(H,24,26)/b13-11-. The molecule has 0 spiro atoms. The van der Waals surface area contributed by atoms with Crippen molar-refractivity contribution >= 4 is 40.5 Å². The minimum absolute atomic E-state index is 0.136. The zero-order valence-corrected chi connectivity index (χ0v) is 15.4. The van der Waals surface area contributed by atoms with E-state index in [-0.39, 0.29) is 11.5 Å². The van der Waals surface area contributed by atoms with E-state index in [1.807, 2.05) is 6.07 Å². The van der Waals surface area contributed by atoms with Gasteiger partial charge in [0.15, 0.2) is 0 Å². The number of hydrogen-bond donors (Lipinski definition) is 3. The molecule has 3 N–H and O–H groups in total. The Balaban J connectivity index is 2.09. The van der Waals surface area contributed by atoms with Gasteiger partial charge in [0, 0.05) is 29.5 Å². The van der Waals surface area contributed by atoms with Crippen LogP contribution in [-0.4, -0.2) is 18.9 Å². The summed E-state index contributed by atoms with van der Waals surface area (Å²) in [7, 11) is 1.50. The van der Waals surface area contributed by atoms with Crippen LogP contribution in [0.2, 0.25) is 5.02 Å². The van der Waals surface area contributed by atoms with Crippen LogP contribution in [0.3, 0.4) is 0 Å². The second-order valence-corrected chi connectivity index (χ2v) is 5.81. The molecule has 2 aromatic rings. The van der Waals surface area contributed by atoms with Gasteiger partial charge in [-0.2, -0.15) is 5.26 Å². The molecular formula is C19H17ClN4O3. The number of nitrogens with one attached hydrogen (secondary N) is 3. The third-order valence-corrected chi connectivity index (χ3v) is 3.60. The third kappa shape index (κ3) is 5.76. The molecule has 2 amide bonds. The van der Waals surface area contributed by atoms with Gasteiger partial charge in [0.25, 0.3) is 5.91 Å². The van der Waals surface area contributed by atoms with Gasteiger partial charge >= 0.3 is 0 Å². The number of nitriles is 1. The fourth-order valence-corrected chi connectivity index (χ4v) is 2.30. The maximum absolute atomic E-state index is 12.3. The van der Waals surface area contributed by atoms with Gasteiger partial charge < -0.3 is 20.7 Å². The second-order valence-electron chi connectivity index (χ2n) is 5.37. The summed E-state index contributed by atoms with van der Waals surface area (Å²) in [5.74, 6) is -0.260. The molecule has 0 aliphatic carbocycles. The topological polar surface area (TPSA) is 103 Å². The number of ether oxygens (including phenoxy) is 1. The number of nitrogens with zero attached hydrogens (tertiary/aromatic N) is 1. The number of benzene rings is 2. The Kier molecular flexibility index (Phi) is 6.80. The average molecular weight is 385 g/mol. The third-order valence-electron chi connectivity index (χ3n) is 3.36. The van der Waals surface area contributed by atoms with Crippen LogP contribution < -0.4 is 20.7 Å². The summed E-state index contributed by atoms with van der Waals surface area (Å²) in [6.45, 7) is 1.40. The van der Waals surface area contributed by atoms with Gasteiger partial charge in [-0.25, -0.2) is 0 Å². The fourth-order valence-electron chi connectivity index (χ4n) is 2.13. The Labute approximate surface area is 161 Å². The Bertz CT molecular complexity index is 918. The van der Waals surface area contributed by atoms with E-state index < -0.39 is 5.91 Å². The number of carbonyl (C=O) groups is 2. The minimum Gasteiger partial charge on any atom is -0.495 e. The normalized spacial score (nSPS) is 10.5. The summed E-state index contributed by atoms with van der Waals surface area (Å²) in [5.41, 5.74) is 1.47. The van der Waals surface area contributed by atoms with Gasteiger partial charge in [0.2, 0.25) is 5.91 Å². The number of hydrogen-bond acceptors (Lipinski definition) is 5. The van der Waals surface area contributed by atoms with Crippen molar-refractivity contribution in [2.45, 2.75) is 6.92 Å². The first kappa shape index (κ1) is 19.8. The van der Waals surface area contributed by atoms with E-state index in [2.05, 4.69) is 16.0 Å². The molecule has 0 saturated carbocycles. The molecule has 27 heavy (non-hydrogen) atoms. The number of carbonyl (C=O) groups excluding carboxylic acids is 2. The van der Waals surface area contributed by atoms with E-state index in [9.17, 15) is 14.9 Å². The molecule has 0 atom stereocenters. The fraction of sp³-hybridized carbons (Fsp3) is 0.105. The summed E-state index contributed by atoms with van der Waals surface area (Å²) in [4.78, 5) is 23.3. The Morgan fingerprint density at radius 1 is 1.11 bits per heavy atom. The lowest BCUT2D eigenvalue weighted by Crippen LogP contribution is -2.14. The van der Waals surface area contributed by atoms with Gasteiger partial charge in [-0.05, 0) is 42.5 Å². The molecule has 0 aromatic heterocycles. The summed E-state index contributed by atoms with van der Waals surface area (Å²) < 4.78 is 5.20. The van der Waals surface area contributed by atoms with Crippen molar-refractivity contribution in [3.63, 3.8) is 0 Å². The summed E-state index contributed by atoms with van der Waals surface area (Å²) in [6.07, 6.45) is 1.27.